The number of hydrogen-bond donors (Lipinski definition) is 2. The molecule has 0 atom stereocenters. The average Bonchev–Trinajstić information content (AvgIpc) is 1.99. The summed E-state index contributed by atoms with van der Waals surface area (Å²) in [4.78, 5) is 0. The van der Waals surface area contributed by atoms with E-state index in [1.165, 1.54) is 45.4 Å². The molecule has 0 spiro atoms. The fourth-order valence-corrected chi connectivity index (χ4v) is 2.10. The van der Waals surface area contributed by atoms with Gasteiger partial charge in [0.15, 0.2) is 0 Å². The normalized spacial score (nSPS) is 28.4. The Morgan fingerprint density at radius 3 is 2.18 bits per heavy atom. The van der Waals surface area contributed by atoms with E-state index in [-0.39, 0.29) is 0 Å². The van der Waals surface area contributed by atoms with E-state index in [4.69, 9.17) is 0 Å². The van der Waals surface area contributed by atoms with Gasteiger partial charge in [0.05, 0.1) is 0 Å². The fraction of sp³-hybridized carbons (Fsp3) is 1.00. The molecule has 2 heterocycles. The maximum absolute atomic E-state index is 3.41. The number of nitrogens with one attached hydrogen (secondary N) is 2. The molecule has 64 valence electrons. The molecule has 0 aromatic carbocycles. The topological polar surface area (TPSA) is 24.1 Å². The molecule has 11 heavy (non-hydrogen) atoms. The van der Waals surface area contributed by atoms with Gasteiger partial charge >= 0.3 is 0 Å². The van der Waals surface area contributed by atoms with Crippen LogP contribution in [0.15, 0.2) is 0 Å². The SMILES string of the molecule is C1CC(CC2CNC2)CCN1. The molecule has 0 amide bonds. The molecule has 0 aromatic heterocycles. The lowest BCUT2D eigenvalue weighted by Crippen LogP contribution is -2.43. The molecule has 0 saturated carbocycles. The maximum Gasteiger partial charge on any atom is -0.000815 e. The first-order valence-electron chi connectivity index (χ1n) is 4.86. The van der Waals surface area contributed by atoms with E-state index >= 15 is 0 Å². The summed E-state index contributed by atoms with van der Waals surface area (Å²) in [7, 11) is 0. The molecule has 2 nitrogen and oxygen atoms in total. The first kappa shape index (κ1) is 7.56. The third-order valence-electron chi connectivity index (χ3n) is 2.99. The molecule has 0 aliphatic carbocycles. The van der Waals surface area contributed by atoms with Crippen LogP contribution in [0.5, 0.6) is 0 Å². The summed E-state index contributed by atoms with van der Waals surface area (Å²) in [5.41, 5.74) is 0. The van der Waals surface area contributed by atoms with Crippen LogP contribution in [0.4, 0.5) is 0 Å². The van der Waals surface area contributed by atoms with Gasteiger partial charge in [0.25, 0.3) is 0 Å². The first-order chi connectivity index (χ1) is 5.45. The highest BCUT2D eigenvalue weighted by atomic mass is 14.9. The summed E-state index contributed by atoms with van der Waals surface area (Å²) >= 11 is 0. The lowest BCUT2D eigenvalue weighted by Gasteiger charge is -2.32. The zero-order valence-electron chi connectivity index (χ0n) is 7.10. The molecule has 0 bridgehead atoms. The minimum absolute atomic E-state index is 1.01. The smallest absolute Gasteiger partial charge is 0.000815 e. The van der Waals surface area contributed by atoms with Crippen LogP contribution >= 0.6 is 0 Å². The molecule has 2 fully saturated rings. The fourth-order valence-electron chi connectivity index (χ4n) is 2.10. The Labute approximate surface area is 68.7 Å². The van der Waals surface area contributed by atoms with Crippen LogP contribution in [0.3, 0.4) is 0 Å². The summed E-state index contributed by atoms with van der Waals surface area (Å²) in [6, 6.07) is 0. The van der Waals surface area contributed by atoms with Gasteiger partial charge in [-0.25, -0.2) is 0 Å². The van der Waals surface area contributed by atoms with Crippen molar-refractivity contribution in [1.82, 2.24) is 10.6 Å². The second-order valence-electron chi connectivity index (χ2n) is 3.95. The highest BCUT2D eigenvalue weighted by molar-refractivity contribution is 4.79. The van der Waals surface area contributed by atoms with E-state index in [1.807, 2.05) is 0 Å². The van der Waals surface area contributed by atoms with Crippen LogP contribution in [0.2, 0.25) is 0 Å². The van der Waals surface area contributed by atoms with Crippen molar-refractivity contribution in [3.8, 4) is 0 Å². The van der Waals surface area contributed by atoms with Gasteiger partial charge in [-0.05, 0) is 57.3 Å². The number of piperidine rings is 1. The van der Waals surface area contributed by atoms with Crippen molar-refractivity contribution in [3.63, 3.8) is 0 Å². The Hall–Kier alpha value is -0.0800. The van der Waals surface area contributed by atoms with E-state index in [2.05, 4.69) is 10.6 Å². The van der Waals surface area contributed by atoms with Gasteiger partial charge in [-0.3, -0.25) is 0 Å². The van der Waals surface area contributed by atoms with Crippen molar-refractivity contribution in [1.29, 1.82) is 0 Å². The monoisotopic (exact) mass is 154 g/mol. The summed E-state index contributed by atoms with van der Waals surface area (Å²) in [5, 5.41) is 6.74. The summed E-state index contributed by atoms with van der Waals surface area (Å²) < 4.78 is 0. The Morgan fingerprint density at radius 1 is 0.909 bits per heavy atom. The molecule has 2 aliphatic heterocycles. The second kappa shape index (κ2) is 3.55. The lowest BCUT2D eigenvalue weighted by atomic mass is 9.85. The van der Waals surface area contributed by atoms with Crippen LogP contribution in [-0.2, 0) is 0 Å². The predicted octanol–water partition coefficient (Wildman–Crippen LogP) is 0.596. The quantitative estimate of drug-likeness (QED) is 0.608. The molecule has 0 radical (unpaired) electrons. The van der Waals surface area contributed by atoms with Crippen LogP contribution in [0, 0.1) is 11.8 Å². The summed E-state index contributed by atoms with van der Waals surface area (Å²) in [5.74, 6) is 2.04. The third-order valence-corrected chi connectivity index (χ3v) is 2.99. The minimum Gasteiger partial charge on any atom is -0.317 e. The molecule has 2 rings (SSSR count). The molecular formula is C9H18N2. The molecule has 0 aromatic rings. The van der Waals surface area contributed by atoms with E-state index in [1.54, 1.807) is 0 Å². The van der Waals surface area contributed by atoms with Crippen LogP contribution < -0.4 is 10.6 Å². The standard InChI is InChI=1S/C9H18N2/c1-3-10-4-2-8(1)5-9-6-11-7-9/h8-11H,1-7H2. The largest absolute Gasteiger partial charge is 0.317 e. The number of rotatable bonds is 2. The van der Waals surface area contributed by atoms with Crippen molar-refractivity contribution in [2.45, 2.75) is 19.3 Å². The van der Waals surface area contributed by atoms with E-state index in [0.29, 0.717) is 0 Å². The van der Waals surface area contributed by atoms with Crippen molar-refractivity contribution in [2.24, 2.45) is 11.8 Å². The van der Waals surface area contributed by atoms with Crippen LogP contribution in [0.25, 0.3) is 0 Å². The van der Waals surface area contributed by atoms with E-state index in [0.717, 1.165) is 11.8 Å². The number of hydrogen-bond acceptors (Lipinski definition) is 2. The highest BCUT2D eigenvalue weighted by Gasteiger charge is 2.22. The van der Waals surface area contributed by atoms with Gasteiger partial charge in [-0.1, -0.05) is 0 Å². The zero-order chi connectivity index (χ0) is 7.52. The van der Waals surface area contributed by atoms with Crippen molar-refractivity contribution < 1.29 is 0 Å². The van der Waals surface area contributed by atoms with Crippen LogP contribution in [0.1, 0.15) is 19.3 Å². The van der Waals surface area contributed by atoms with E-state index in [9.17, 15) is 0 Å². The van der Waals surface area contributed by atoms with Gasteiger partial charge in [-0.2, -0.15) is 0 Å². The second-order valence-corrected chi connectivity index (χ2v) is 3.95. The summed E-state index contributed by atoms with van der Waals surface area (Å²) in [6.45, 7) is 5.07. The van der Waals surface area contributed by atoms with E-state index < -0.39 is 0 Å². The molecule has 2 aliphatic rings. The van der Waals surface area contributed by atoms with Gasteiger partial charge < -0.3 is 10.6 Å². The van der Waals surface area contributed by atoms with Gasteiger partial charge in [0.1, 0.15) is 0 Å². The Bertz CT molecular complexity index is 115. The first-order valence-corrected chi connectivity index (χ1v) is 4.86. The highest BCUT2D eigenvalue weighted by Crippen LogP contribution is 2.22. The van der Waals surface area contributed by atoms with Gasteiger partial charge in [0, 0.05) is 0 Å². The maximum atomic E-state index is 3.41. The van der Waals surface area contributed by atoms with Crippen molar-refractivity contribution >= 4 is 0 Å². The lowest BCUT2D eigenvalue weighted by molar-refractivity contribution is 0.241. The Balaban J connectivity index is 1.67. The minimum atomic E-state index is 1.01. The zero-order valence-corrected chi connectivity index (χ0v) is 7.10. The van der Waals surface area contributed by atoms with Crippen molar-refractivity contribution in [2.75, 3.05) is 26.2 Å². The van der Waals surface area contributed by atoms with Crippen LogP contribution in [-0.4, -0.2) is 26.2 Å². The third kappa shape index (κ3) is 1.94. The average molecular weight is 154 g/mol. The molecule has 2 saturated heterocycles. The molecule has 2 N–H and O–H groups in total. The van der Waals surface area contributed by atoms with Crippen molar-refractivity contribution in [3.05, 3.63) is 0 Å². The molecular weight excluding hydrogens is 136 g/mol. The summed E-state index contributed by atoms with van der Waals surface area (Å²) in [6.07, 6.45) is 4.31. The Kier molecular flexibility index (Phi) is 2.44. The predicted molar refractivity (Wildman–Crippen MR) is 46.6 cm³/mol. The van der Waals surface area contributed by atoms with Gasteiger partial charge in [0.2, 0.25) is 0 Å². The Morgan fingerprint density at radius 2 is 1.64 bits per heavy atom. The molecule has 0 unspecified atom stereocenters. The molecule has 2 heteroatoms. The van der Waals surface area contributed by atoms with Gasteiger partial charge in [-0.15, -0.1) is 0 Å².